The molecule has 0 saturated carbocycles. The zero-order chi connectivity index (χ0) is 3.58. The van der Waals surface area contributed by atoms with Gasteiger partial charge >= 0.3 is 6.53 Å². The van der Waals surface area contributed by atoms with Gasteiger partial charge in [-0.2, -0.15) is 0 Å². The van der Waals surface area contributed by atoms with Crippen LogP contribution in [0.1, 0.15) is 0 Å². The minimum Gasteiger partial charge on any atom is -0.414 e. The molecule has 0 aliphatic rings. The first-order valence-corrected chi connectivity index (χ1v) is 1.17. The van der Waals surface area contributed by atoms with Crippen molar-refractivity contribution < 1.29 is 10.0 Å². The van der Waals surface area contributed by atoms with Crippen molar-refractivity contribution in [3.05, 3.63) is 0 Å². The lowest BCUT2D eigenvalue weighted by atomic mass is 10.4. The Labute approximate surface area is 29.1 Å². The van der Waals surface area contributed by atoms with Gasteiger partial charge in [0.15, 0.2) is 0 Å². The second-order valence-corrected chi connectivity index (χ2v) is 0.701. The van der Waals surface area contributed by atoms with Crippen LogP contribution in [-0.4, -0.2) is 16.6 Å². The molecular formula is H2BClO2. The monoisotopic (exact) mass is 80.0 g/mol. The summed E-state index contributed by atoms with van der Waals surface area (Å²) in [5.41, 5.74) is 0. The molecule has 0 atom stereocenters. The molecule has 0 aliphatic carbocycles. The molecule has 4 heavy (non-hydrogen) atoms. The third-order valence-corrected chi connectivity index (χ3v) is 0. The molecule has 4 heteroatoms. The Balaban J connectivity index is 2.32. The van der Waals surface area contributed by atoms with E-state index in [9.17, 15) is 0 Å². The van der Waals surface area contributed by atoms with E-state index in [4.69, 9.17) is 10.0 Å². The van der Waals surface area contributed by atoms with Crippen LogP contribution in [0.3, 0.4) is 0 Å². The molecule has 0 unspecified atom stereocenters. The predicted molar refractivity (Wildman–Crippen MR) is 16.0 cm³/mol. The van der Waals surface area contributed by atoms with Crippen molar-refractivity contribution in [1.29, 1.82) is 0 Å². The molecule has 0 heterocycles. The highest BCUT2D eigenvalue weighted by atomic mass is 35.5. The van der Waals surface area contributed by atoms with Gasteiger partial charge in [-0.1, -0.05) is 0 Å². The van der Waals surface area contributed by atoms with Crippen LogP contribution in [0.4, 0.5) is 0 Å². The maximum Gasteiger partial charge on any atom is 0.566 e. The van der Waals surface area contributed by atoms with Crippen LogP contribution in [0.5, 0.6) is 0 Å². The number of rotatable bonds is 0. The van der Waals surface area contributed by atoms with Gasteiger partial charge in [-0.25, -0.2) is 0 Å². The first-order valence-electron chi connectivity index (χ1n) is 0.735. The first-order chi connectivity index (χ1) is 1.73. The van der Waals surface area contributed by atoms with Gasteiger partial charge in [-0.15, -0.1) is 11.5 Å². The van der Waals surface area contributed by atoms with E-state index < -0.39 is 6.53 Å². The van der Waals surface area contributed by atoms with E-state index in [1.165, 1.54) is 0 Å². The molecule has 0 spiro atoms. The van der Waals surface area contributed by atoms with E-state index in [1.807, 2.05) is 0 Å². The standard InChI is InChI=1S/BClH2O2/c2-1(3)4/h3-4H. The molecule has 2 N–H and O–H groups in total. The summed E-state index contributed by atoms with van der Waals surface area (Å²) in [6.07, 6.45) is 0. The van der Waals surface area contributed by atoms with E-state index in [0.29, 0.717) is 0 Å². The minimum absolute atomic E-state index is 1.69. The number of hydrogen-bond donors (Lipinski definition) is 2. The van der Waals surface area contributed by atoms with Gasteiger partial charge in [-0.3, -0.25) is 0 Å². The molecule has 2 nitrogen and oxygen atoms in total. The summed E-state index contributed by atoms with van der Waals surface area (Å²) in [6, 6.07) is 0. The topological polar surface area (TPSA) is 40.5 Å². The molecule has 0 bridgehead atoms. The first kappa shape index (κ1) is 4.27. The van der Waals surface area contributed by atoms with E-state index in [1.54, 1.807) is 0 Å². The Morgan fingerprint density at radius 3 is 1.50 bits per heavy atom. The fourth-order valence-electron chi connectivity index (χ4n) is 0. The SMILES string of the molecule is OB(O)Cl. The summed E-state index contributed by atoms with van der Waals surface area (Å²) in [6.45, 7) is -1.69. The summed E-state index contributed by atoms with van der Waals surface area (Å²) >= 11 is 4.39. The van der Waals surface area contributed by atoms with Gasteiger partial charge in [0.1, 0.15) is 0 Å². The zero-order valence-corrected chi connectivity index (χ0v) is 2.61. The molecule has 0 aromatic heterocycles. The second kappa shape index (κ2) is 1.58. The summed E-state index contributed by atoms with van der Waals surface area (Å²) in [5, 5.41) is 14.8. The molecule has 0 amide bonds. The number of hydrogen-bond acceptors (Lipinski definition) is 2. The Morgan fingerprint density at radius 1 is 1.50 bits per heavy atom. The Kier molecular flexibility index (Phi) is 1.69. The van der Waals surface area contributed by atoms with Crippen molar-refractivity contribution in [2.75, 3.05) is 0 Å². The zero-order valence-electron chi connectivity index (χ0n) is 1.85. The van der Waals surface area contributed by atoms with Crippen LogP contribution in [-0.2, 0) is 0 Å². The fraction of sp³-hybridized carbons (Fsp3) is 0. The summed E-state index contributed by atoms with van der Waals surface area (Å²) in [5.74, 6) is 0. The van der Waals surface area contributed by atoms with Crippen LogP contribution in [0.25, 0.3) is 0 Å². The predicted octanol–water partition coefficient (Wildman–Crippen LogP) is -0.805. The maximum absolute atomic E-state index is 7.38. The van der Waals surface area contributed by atoms with Gasteiger partial charge in [0.2, 0.25) is 0 Å². The third-order valence-electron chi connectivity index (χ3n) is 0. The highest BCUT2D eigenvalue weighted by molar-refractivity contribution is 6.97. The van der Waals surface area contributed by atoms with Crippen molar-refractivity contribution in [2.45, 2.75) is 0 Å². The van der Waals surface area contributed by atoms with E-state index in [-0.39, 0.29) is 0 Å². The molecule has 0 fully saturated rings. The average molecular weight is 80.3 g/mol. The van der Waals surface area contributed by atoms with Crippen molar-refractivity contribution in [1.82, 2.24) is 0 Å². The molecule has 0 saturated heterocycles. The molecule has 24 valence electrons. The average Bonchev–Trinajstić information content (AvgIpc) is 0.811. The minimum atomic E-state index is -1.69. The highest BCUT2D eigenvalue weighted by Crippen LogP contribution is 1.67. The van der Waals surface area contributed by atoms with E-state index >= 15 is 0 Å². The third kappa shape index (κ3) is 48.9. The van der Waals surface area contributed by atoms with Crippen molar-refractivity contribution in [3.8, 4) is 0 Å². The Bertz CT molecular complexity index is 10.8. The fourth-order valence-corrected chi connectivity index (χ4v) is 0. The molecular weight excluding hydrogens is 78.3 g/mol. The van der Waals surface area contributed by atoms with Crippen LogP contribution in [0, 0.1) is 0 Å². The summed E-state index contributed by atoms with van der Waals surface area (Å²) in [4.78, 5) is 0. The molecule has 0 radical (unpaired) electrons. The molecule has 0 aliphatic heterocycles. The lowest BCUT2D eigenvalue weighted by molar-refractivity contribution is 0.435. The smallest absolute Gasteiger partial charge is 0.414 e. The van der Waals surface area contributed by atoms with Crippen molar-refractivity contribution in [2.24, 2.45) is 0 Å². The van der Waals surface area contributed by atoms with Crippen molar-refractivity contribution >= 4 is 18.0 Å². The summed E-state index contributed by atoms with van der Waals surface area (Å²) in [7, 11) is 0. The molecule has 0 aromatic carbocycles. The van der Waals surface area contributed by atoms with Gasteiger partial charge < -0.3 is 10.0 Å². The van der Waals surface area contributed by atoms with Gasteiger partial charge in [0.25, 0.3) is 0 Å². The van der Waals surface area contributed by atoms with Gasteiger partial charge in [0.05, 0.1) is 0 Å². The van der Waals surface area contributed by atoms with E-state index in [0.717, 1.165) is 0 Å². The van der Waals surface area contributed by atoms with Crippen LogP contribution in [0.2, 0.25) is 0 Å². The lowest BCUT2D eigenvalue weighted by Crippen LogP contribution is -1.96. The summed E-state index contributed by atoms with van der Waals surface area (Å²) < 4.78 is 0. The van der Waals surface area contributed by atoms with Crippen molar-refractivity contribution in [3.63, 3.8) is 0 Å². The van der Waals surface area contributed by atoms with Gasteiger partial charge in [-0.05, 0) is 0 Å². The van der Waals surface area contributed by atoms with Crippen LogP contribution < -0.4 is 0 Å². The molecule has 0 aromatic rings. The highest BCUT2D eigenvalue weighted by Gasteiger charge is 1.92. The Morgan fingerprint density at radius 2 is 1.50 bits per heavy atom. The van der Waals surface area contributed by atoms with Crippen LogP contribution >= 0.6 is 11.5 Å². The largest absolute Gasteiger partial charge is 0.566 e. The molecule has 0 rings (SSSR count). The van der Waals surface area contributed by atoms with Crippen LogP contribution in [0.15, 0.2) is 0 Å². The Hall–Kier alpha value is 0.275. The van der Waals surface area contributed by atoms with Gasteiger partial charge in [0, 0.05) is 0 Å². The lowest BCUT2D eigenvalue weighted by Gasteiger charge is -1.67. The quantitative estimate of drug-likeness (QED) is 0.374. The number of halogens is 1. The van der Waals surface area contributed by atoms with E-state index in [2.05, 4.69) is 11.5 Å². The normalized spacial score (nSPS) is 6.75. The second-order valence-electron chi connectivity index (χ2n) is 0.311. The maximum atomic E-state index is 7.38.